The van der Waals surface area contributed by atoms with Crippen molar-refractivity contribution in [2.45, 2.75) is 12.8 Å². The summed E-state index contributed by atoms with van der Waals surface area (Å²) < 4.78 is 10.7. The van der Waals surface area contributed by atoms with Crippen LogP contribution >= 0.6 is 11.6 Å². The second-order valence-corrected chi connectivity index (χ2v) is 5.57. The molecule has 0 atom stereocenters. The van der Waals surface area contributed by atoms with E-state index in [0.29, 0.717) is 23.0 Å². The lowest BCUT2D eigenvalue weighted by molar-refractivity contribution is 0.414. The Kier molecular flexibility index (Phi) is 4.86. The Morgan fingerprint density at radius 2 is 1.92 bits per heavy atom. The summed E-state index contributed by atoms with van der Waals surface area (Å²) in [6.07, 6.45) is 1.39. The molecule has 0 spiro atoms. The van der Waals surface area contributed by atoms with Crippen LogP contribution < -0.4 is 10.1 Å². The third-order valence-electron chi connectivity index (χ3n) is 3.45. The molecular weight excluding hydrogens is 330 g/mol. The zero-order valence-electron chi connectivity index (χ0n) is 13.0. The molecule has 0 aliphatic rings. The van der Waals surface area contributed by atoms with Gasteiger partial charge in [0.15, 0.2) is 0 Å². The van der Waals surface area contributed by atoms with Gasteiger partial charge in [0.2, 0.25) is 5.89 Å². The van der Waals surface area contributed by atoms with E-state index in [0.717, 1.165) is 17.7 Å². The van der Waals surface area contributed by atoms with Gasteiger partial charge in [-0.15, -0.1) is 5.10 Å². The summed E-state index contributed by atoms with van der Waals surface area (Å²) in [4.78, 5) is 0. The van der Waals surface area contributed by atoms with Crippen LogP contribution in [0.3, 0.4) is 0 Å². The van der Waals surface area contributed by atoms with Crippen molar-refractivity contribution in [1.82, 2.24) is 10.2 Å². The Balaban J connectivity index is 1.61. The number of aromatic nitrogens is 2. The van der Waals surface area contributed by atoms with Crippen LogP contribution in [0.25, 0.3) is 0 Å². The minimum atomic E-state index is 0.0531. The maximum Gasteiger partial charge on any atom is 0.320 e. The summed E-state index contributed by atoms with van der Waals surface area (Å²) in [6, 6.07) is 12.7. The van der Waals surface area contributed by atoms with Gasteiger partial charge in [-0.05, 0) is 42.3 Å². The molecule has 0 bridgehead atoms. The van der Waals surface area contributed by atoms with Crippen molar-refractivity contribution in [2.75, 3.05) is 12.4 Å². The van der Waals surface area contributed by atoms with E-state index in [4.69, 9.17) is 20.8 Å². The molecule has 0 radical (unpaired) electrons. The third kappa shape index (κ3) is 3.97. The number of phenols is 1. The zero-order valence-corrected chi connectivity index (χ0v) is 13.7. The summed E-state index contributed by atoms with van der Waals surface area (Å²) in [5, 5.41) is 21.0. The molecule has 2 aromatic carbocycles. The standard InChI is InChI=1S/C17H16ClN3O3/c1-23-13-6-2-11(3-7-13)4-9-16-20-21-17(24-16)19-14-10-12(18)5-8-15(14)22/h2-3,5-8,10,22H,4,9H2,1H3,(H,19,21). The molecule has 0 aliphatic carbocycles. The molecule has 124 valence electrons. The highest BCUT2D eigenvalue weighted by Crippen LogP contribution is 2.29. The molecule has 24 heavy (non-hydrogen) atoms. The lowest BCUT2D eigenvalue weighted by Crippen LogP contribution is -1.92. The van der Waals surface area contributed by atoms with E-state index in [-0.39, 0.29) is 11.8 Å². The topological polar surface area (TPSA) is 80.4 Å². The molecular formula is C17H16ClN3O3. The number of anilines is 2. The SMILES string of the molecule is COc1ccc(CCc2nnc(Nc3cc(Cl)ccc3O)o2)cc1. The molecule has 1 heterocycles. The quantitative estimate of drug-likeness (QED) is 0.658. The first-order chi connectivity index (χ1) is 11.6. The molecule has 0 saturated heterocycles. The van der Waals surface area contributed by atoms with Gasteiger partial charge in [-0.3, -0.25) is 0 Å². The van der Waals surface area contributed by atoms with Crippen LogP contribution in [0.15, 0.2) is 46.9 Å². The minimum Gasteiger partial charge on any atom is -0.506 e. The highest BCUT2D eigenvalue weighted by atomic mass is 35.5. The molecule has 0 fully saturated rings. The Morgan fingerprint density at radius 1 is 1.12 bits per heavy atom. The highest BCUT2D eigenvalue weighted by Gasteiger charge is 2.09. The number of methoxy groups -OCH3 is 1. The van der Waals surface area contributed by atoms with Crippen molar-refractivity contribution in [3.63, 3.8) is 0 Å². The van der Waals surface area contributed by atoms with E-state index in [1.807, 2.05) is 24.3 Å². The van der Waals surface area contributed by atoms with E-state index >= 15 is 0 Å². The van der Waals surface area contributed by atoms with E-state index in [2.05, 4.69) is 15.5 Å². The van der Waals surface area contributed by atoms with Gasteiger partial charge >= 0.3 is 6.01 Å². The van der Waals surface area contributed by atoms with Crippen molar-refractivity contribution in [3.8, 4) is 11.5 Å². The van der Waals surface area contributed by atoms with Crippen LogP contribution in [0, 0.1) is 0 Å². The number of hydrogen-bond donors (Lipinski definition) is 2. The smallest absolute Gasteiger partial charge is 0.320 e. The highest BCUT2D eigenvalue weighted by molar-refractivity contribution is 6.30. The average Bonchev–Trinajstić information content (AvgIpc) is 3.04. The summed E-state index contributed by atoms with van der Waals surface area (Å²) in [6.45, 7) is 0. The van der Waals surface area contributed by atoms with Crippen LogP contribution in [-0.4, -0.2) is 22.4 Å². The second kappa shape index (κ2) is 7.23. The molecule has 2 N–H and O–H groups in total. The number of hydrogen-bond acceptors (Lipinski definition) is 6. The summed E-state index contributed by atoms with van der Waals surface area (Å²) >= 11 is 5.90. The van der Waals surface area contributed by atoms with Gasteiger partial charge in [0.05, 0.1) is 12.8 Å². The van der Waals surface area contributed by atoms with Crippen molar-refractivity contribution in [2.24, 2.45) is 0 Å². The van der Waals surface area contributed by atoms with Crippen molar-refractivity contribution in [3.05, 3.63) is 58.9 Å². The van der Waals surface area contributed by atoms with Crippen molar-refractivity contribution >= 4 is 23.3 Å². The van der Waals surface area contributed by atoms with E-state index in [9.17, 15) is 5.11 Å². The Morgan fingerprint density at radius 3 is 2.67 bits per heavy atom. The molecule has 3 aromatic rings. The molecule has 6 nitrogen and oxygen atoms in total. The van der Waals surface area contributed by atoms with E-state index in [1.54, 1.807) is 19.2 Å². The lowest BCUT2D eigenvalue weighted by atomic mass is 10.1. The number of phenolic OH excluding ortho intramolecular Hbond substituents is 1. The van der Waals surface area contributed by atoms with Gasteiger partial charge in [-0.25, -0.2) is 0 Å². The number of halogens is 1. The fourth-order valence-corrected chi connectivity index (χ4v) is 2.34. The van der Waals surface area contributed by atoms with Crippen LogP contribution in [0.1, 0.15) is 11.5 Å². The van der Waals surface area contributed by atoms with Crippen LogP contribution in [0.2, 0.25) is 5.02 Å². The zero-order chi connectivity index (χ0) is 16.9. The molecule has 3 rings (SSSR count). The van der Waals surface area contributed by atoms with Crippen LogP contribution in [-0.2, 0) is 12.8 Å². The summed E-state index contributed by atoms with van der Waals surface area (Å²) in [5.41, 5.74) is 1.56. The predicted octanol–water partition coefficient (Wildman–Crippen LogP) is 3.97. The molecule has 1 aromatic heterocycles. The average molecular weight is 346 g/mol. The van der Waals surface area contributed by atoms with Crippen molar-refractivity contribution < 1.29 is 14.3 Å². The van der Waals surface area contributed by atoms with Gasteiger partial charge < -0.3 is 19.6 Å². The van der Waals surface area contributed by atoms with Gasteiger partial charge in [-0.2, -0.15) is 0 Å². The summed E-state index contributed by atoms with van der Waals surface area (Å²) in [5.74, 6) is 1.39. The van der Waals surface area contributed by atoms with E-state index in [1.165, 1.54) is 6.07 Å². The van der Waals surface area contributed by atoms with Crippen LogP contribution in [0.4, 0.5) is 11.7 Å². The largest absolute Gasteiger partial charge is 0.506 e. The number of nitrogens with zero attached hydrogens (tertiary/aromatic N) is 2. The molecule has 0 amide bonds. The lowest BCUT2D eigenvalue weighted by Gasteiger charge is -2.04. The van der Waals surface area contributed by atoms with Gasteiger partial charge in [0.1, 0.15) is 11.5 Å². The van der Waals surface area contributed by atoms with Gasteiger partial charge in [0, 0.05) is 11.4 Å². The van der Waals surface area contributed by atoms with Gasteiger partial charge in [-0.1, -0.05) is 28.8 Å². The first-order valence-corrected chi connectivity index (χ1v) is 7.72. The monoisotopic (exact) mass is 345 g/mol. The van der Waals surface area contributed by atoms with E-state index < -0.39 is 0 Å². The van der Waals surface area contributed by atoms with Crippen LogP contribution in [0.5, 0.6) is 11.5 Å². The molecule has 0 saturated carbocycles. The maximum absolute atomic E-state index is 9.78. The fraction of sp³-hybridized carbons (Fsp3) is 0.176. The number of rotatable bonds is 6. The Hall–Kier alpha value is -2.73. The number of aryl methyl sites for hydroxylation is 2. The summed E-state index contributed by atoms with van der Waals surface area (Å²) in [7, 11) is 1.64. The Labute approximate surface area is 144 Å². The Bertz CT molecular complexity index is 818. The first kappa shape index (κ1) is 16.1. The number of ether oxygens (including phenoxy) is 1. The normalized spacial score (nSPS) is 10.6. The number of nitrogens with one attached hydrogen (secondary N) is 1. The van der Waals surface area contributed by atoms with Gasteiger partial charge in [0.25, 0.3) is 0 Å². The fourth-order valence-electron chi connectivity index (χ4n) is 2.17. The first-order valence-electron chi connectivity index (χ1n) is 7.35. The maximum atomic E-state index is 9.78. The number of benzene rings is 2. The second-order valence-electron chi connectivity index (χ2n) is 5.14. The number of aromatic hydroxyl groups is 1. The molecule has 0 unspecified atom stereocenters. The van der Waals surface area contributed by atoms with Crippen molar-refractivity contribution in [1.29, 1.82) is 0 Å². The minimum absolute atomic E-state index is 0.0531. The molecule has 0 aliphatic heterocycles. The third-order valence-corrected chi connectivity index (χ3v) is 3.69. The predicted molar refractivity (Wildman–Crippen MR) is 91.1 cm³/mol. The molecule has 7 heteroatoms.